The average molecular weight is 439 g/mol. The summed E-state index contributed by atoms with van der Waals surface area (Å²) < 4.78 is 2.24. The van der Waals surface area contributed by atoms with Gasteiger partial charge in [0.2, 0.25) is 0 Å². The van der Waals surface area contributed by atoms with Gasteiger partial charge in [-0.15, -0.1) is 0 Å². The largest absolute Gasteiger partial charge is 0.299 e. The summed E-state index contributed by atoms with van der Waals surface area (Å²) in [6.45, 7) is 10.5. The molecule has 0 atom stereocenters. The van der Waals surface area contributed by atoms with Crippen molar-refractivity contribution in [2.45, 2.75) is 20.8 Å². The standard InChI is InChI=1S/C32H26N2/c1-5-23-12-14-24(15-13-23)25-18-22(4)31-28(19-25)30-26(29-20(2)8-6-9-21(29)3)10-7-11-27(30)32-33-16-17-34(31)32/h5-19H,1H2,2-4H3. The molecule has 6 rings (SSSR count). The second-order valence-corrected chi connectivity index (χ2v) is 9.13. The Morgan fingerprint density at radius 1 is 0.765 bits per heavy atom. The monoisotopic (exact) mass is 438 g/mol. The lowest BCUT2D eigenvalue weighted by atomic mass is 9.89. The van der Waals surface area contributed by atoms with E-state index in [1.807, 2.05) is 12.3 Å². The fraction of sp³-hybridized carbons (Fsp3) is 0.0938. The van der Waals surface area contributed by atoms with E-state index in [-0.39, 0.29) is 0 Å². The molecule has 0 fully saturated rings. The third-order valence-corrected chi connectivity index (χ3v) is 6.99. The minimum absolute atomic E-state index is 1.00. The van der Waals surface area contributed by atoms with Gasteiger partial charge in [0.05, 0.1) is 5.52 Å². The summed E-state index contributed by atoms with van der Waals surface area (Å²) in [5, 5.41) is 3.69. The molecule has 6 aromatic rings. The van der Waals surface area contributed by atoms with E-state index >= 15 is 0 Å². The van der Waals surface area contributed by atoms with Gasteiger partial charge >= 0.3 is 0 Å². The molecule has 0 N–H and O–H groups in total. The molecule has 0 aliphatic heterocycles. The van der Waals surface area contributed by atoms with Crippen molar-refractivity contribution in [3.8, 4) is 22.3 Å². The maximum atomic E-state index is 4.77. The smallest absolute Gasteiger partial charge is 0.145 e. The van der Waals surface area contributed by atoms with Gasteiger partial charge in [-0.1, -0.05) is 73.3 Å². The van der Waals surface area contributed by atoms with E-state index in [2.05, 4.69) is 111 Å². The van der Waals surface area contributed by atoms with Crippen molar-refractivity contribution in [1.29, 1.82) is 0 Å². The predicted molar refractivity (Wildman–Crippen MR) is 145 cm³/mol. The number of nitrogens with zero attached hydrogens (tertiary/aromatic N) is 2. The van der Waals surface area contributed by atoms with Gasteiger partial charge in [0.15, 0.2) is 0 Å². The highest BCUT2D eigenvalue weighted by atomic mass is 15.0. The minimum atomic E-state index is 1.00. The van der Waals surface area contributed by atoms with E-state index in [9.17, 15) is 0 Å². The van der Waals surface area contributed by atoms with Gasteiger partial charge in [-0.2, -0.15) is 0 Å². The summed E-state index contributed by atoms with van der Waals surface area (Å²) >= 11 is 0. The molecule has 2 heterocycles. The van der Waals surface area contributed by atoms with Gasteiger partial charge in [0.1, 0.15) is 5.65 Å². The number of hydrogen-bond donors (Lipinski definition) is 0. The third kappa shape index (κ3) is 2.99. The molecule has 0 spiro atoms. The van der Waals surface area contributed by atoms with E-state index in [1.165, 1.54) is 60.6 Å². The lowest BCUT2D eigenvalue weighted by Gasteiger charge is -2.18. The molecule has 34 heavy (non-hydrogen) atoms. The topological polar surface area (TPSA) is 17.3 Å². The van der Waals surface area contributed by atoms with Crippen molar-refractivity contribution in [3.05, 3.63) is 114 Å². The van der Waals surface area contributed by atoms with Crippen molar-refractivity contribution in [1.82, 2.24) is 9.38 Å². The fourth-order valence-electron chi connectivity index (χ4n) is 5.43. The van der Waals surface area contributed by atoms with Crippen molar-refractivity contribution in [3.63, 3.8) is 0 Å². The highest BCUT2D eigenvalue weighted by Crippen LogP contribution is 2.41. The molecule has 0 aliphatic carbocycles. The molecule has 0 amide bonds. The normalized spacial score (nSPS) is 11.5. The van der Waals surface area contributed by atoms with E-state index < -0.39 is 0 Å². The molecular formula is C32H26N2. The van der Waals surface area contributed by atoms with E-state index in [0.29, 0.717) is 0 Å². The van der Waals surface area contributed by atoms with Gasteiger partial charge in [-0.25, -0.2) is 4.98 Å². The molecule has 0 aliphatic rings. The first-order valence-electron chi connectivity index (χ1n) is 11.7. The summed E-state index contributed by atoms with van der Waals surface area (Å²) in [5.74, 6) is 0. The molecule has 0 unspecified atom stereocenters. The molecular weight excluding hydrogens is 412 g/mol. The molecule has 2 nitrogen and oxygen atoms in total. The van der Waals surface area contributed by atoms with Crippen molar-refractivity contribution in [2.75, 3.05) is 0 Å². The van der Waals surface area contributed by atoms with Gasteiger partial charge in [0.25, 0.3) is 0 Å². The zero-order chi connectivity index (χ0) is 23.4. The molecule has 0 saturated heterocycles. The summed E-state index contributed by atoms with van der Waals surface area (Å²) in [5.41, 5.74) is 12.2. The number of imidazole rings is 1. The van der Waals surface area contributed by atoms with Crippen molar-refractivity contribution in [2.24, 2.45) is 0 Å². The van der Waals surface area contributed by atoms with Crippen LogP contribution in [0.25, 0.3) is 55.7 Å². The molecule has 0 saturated carbocycles. The van der Waals surface area contributed by atoms with Crippen LogP contribution in [0.3, 0.4) is 0 Å². The first-order valence-corrected chi connectivity index (χ1v) is 11.7. The molecule has 4 aromatic carbocycles. The average Bonchev–Trinajstić information content (AvgIpc) is 3.34. The van der Waals surface area contributed by atoms with Crippen LogP contribution in [0.15, 0.2) is 91.8 Å². The molecule has 0 radical (unpaired) electrons. The number of benzene rings is 4. The Bertz CT molecular complexity index is 1710. The molecule has 2 heteroatoms. The zero-order valence-electron chi connectivity index (χ0n) is 19.8. The van der Waals surface area contributed by atoms with Gasteiger partial charge in [0, 0.05) is 28.6 Å². The number of fused-ring (bicyclic) bond motifs is 6. The lowest BCUT2D eigenvalue weighted by molar-refractivity contribution is 1.25. The van der Waals surface area contributed by atoms with Crippen LogP contribution in [0.1, 0.15) is 22.3 Å². The Labute approximate surface area is 199 Å². The van der Waals surface area contributed by atoms with E-state index in [4.69, 9.17) is 4.98 Å². The summed E-state index contributed by atoms with van der Waals surface area (Å²) in [6, 6.07) is 26.4. The number of rotatable bonds is 3. The van der Waals surface area contributed by atoms with Crippen LogP contribution in [0.5, 0.6) is 0 Å². The summed E-state index contributed by atoms with van der Waals surface area (Å²) in [6.07, 6.45) is 5.87. The first kappa shape index (κ1) is 20.4. The number of aromatic nitrogens is 2. The van der Waals surface area contributed by atoms with Crippen LogP contribution < -0.4 is 0 Å². The lowest BCUT2D eigenvalue weighted by Crippen LogP contribution is -1.97. The van der Waals surface area contributed by atoms with Crippen LogP contribution in [-0.2, 0) is 0 Å². The Balaban J connectivity index is 1.79. The van der Waals surface area contributed by atoms with Gasteiger partial charge in [-0.05, 0) is 77.4 Å². The highest BCUT2D eigenvalue weighted by Gasteiger charge is 2.18. The van der Waals surface area contributed by atoms with Crippen LogP contribution in [0.2, 0.25) is 0 Å². The molecule has 164 valence electrons. The SMILES string of the molecule is C=Cc1ccc(-c2cc(C)c3c(c2)c2c(-c4c(C)cccc4C)cccc2c2nccn23)cc1. The predicted octanol–water partition coefficient (Wildman–Crippen LogP) is 8.54. The van der Waals surface area contributed by atoms with Gasteiger partial charge in [-0.3, -0.25) is 4.40 Å². The summed E-state index contributed by atoms with van der Waals surface area (Å²) in [4.78, 5) is 4.77. The van der Waals surface area contributed by atoms with Crippen LogP contribution in [0, 0.1) is 20.8 Å². The number of hydrogen-bond acceptors (Lipinski definition) is 1. The molecule has 0 bridgehead atoms. The summed E-state index contributed by atoms with van der Waals surface area (Å²) in [7, 11) is 0. The maximum absolute atomic E-state index is 4.77. The maximum Gasteiger partial charge on any atom is 0.145 e. The Hall–Kier alpha value is -4.17. The zero-order valence-corrected chi connectivity index (χ0v) is 19.8. The van der Waals surface area contributed by atoms with Crippen LogP contribution in [-0.4, -0.2) is 9.38 Å². The fourth-order valence-corrected chi connectivity index (χ4v) is 5.43. The minimum Gasteiger partial charge on any atom is -0.299 e. The number of aryl methyl sites for hydroxylation is 3. The molecule has 2 aromatic heterocycles. The highest BCUT2D eigenvalue weighted by molar-refractivity contribution is 6.19. The third-order valence-electron chi connectivity index (χ3n) is 6.99. The quantitative estimate of drug-likeness (QED) is 0.253. The second kappa shape index (κ2) is 7.71. The Kier molecular flexibility index (Phi) is 4.63. The van der Waals surface area contributed by atoms with Crippen molar-refractivity contribution >= 4 is 33.4 Å². The van der Waals surface area contributed by atoms with Crippen LogP contribution in [0.4, 0.5) is 0 Å². The van der Waals surface area contributed by atoms with Gasteiger partial charge < -0.3 is 0 Å². The van der Waals surface area contributed by atoms with Crippen molar-refractivity contribution < 1.29 is 0 Å². The Morgan fingerprint density at radius 3 is 2.24 bits per heavy atom. The van der Waals surface area contributed by atoms with Crippen LogP contribution >= 0.6 is 0 Å². The second-order valence-electron chi connectivity index (χ2n) is 9.13. The first-order chi connectivity index (χ1) is 16.6. The Morgan fingerprint density at radius 2 is 1.50 bits per heavy atom. The van der Waals surface area contributed by atoms with E-state index in [0.717, 1.165) is 11.2 Å². The van der Waals surface area contributed by atoms with E-state index in [1.54, 1.807) is 0 Å². The number of pyridine rings is 1.